The highest BCUT2D eigenvalue weighted by Crippen LogP contribution is 2.45. The molecule has 0 amide bonds. The van der Waals surface area contributed by atoms with Gasteiger partial charge in [-0.1, -0.05) is 75.6 Å². The lowest BCUT2D eigenvalue weighted by Crippen LogP contribution is -2.27. The summed E-state index contributed by atoms with van der Waals surface area (Å²) in [5.74, 6) is 0.480. The van der Waals surface area contributed by atoms with Crippen molar-refractivity contribution >= 4 is 5.78 Å². The van der Waals surface area contributed by atoms with Crippen LogP contribution in [0.5, 0.6) is 0 Å². The van der Waals surface area contributed by atoms with Crippen LogP contribution in [0, 0.1) is 11.3 Å². The summed E-state index contributed by atoms with van der Waals surface area (Å²) < 4.78 is 0. The van der Waals surface area contributed by atoms with Crippen molar-refractivity contribution in [2.45, 2.75) is 52.4 Å². The first-order chi connectivity index (χ1) is 9.67. The van der Waals surface area contributed by atoms with Crippen molar-refractivity contribution in [3.63, 3.8) is 0 Å². The first kappa shape index (κ1) is 15.0. The molecule has 1 aliphatic carbocycles. The Morgan fingerprint density at radius 1 is 1.35 bits per heavy atom. The third-order valence-corrected chi connectivity index (χ3v) is 4.60. The van der Waals surface area contributed by atoms with Gasteiger partial charge in [0.05, 0.1) is 0 Å². The molecule has 0 bridgehead atoms. The molecule has 0 spiro atoms. The van der Waals surface area contributed by atoms with E-state index >= 15 is 0 Å². The summed E-state index contributed by atoms with van der Waals surface area (Å²) in [6.07, 6.45) is 11.6. The number of benzene rings is 1. The van der Waals surface area contributed by atoms with Crippen LogP contribution in [0.2, 0.25) is 0 Å². The summed E-state index contributed by atoms with van der Waals surface area (Å²) in [6.45, 7) is 4.47. The predicted octanol–water partition coefficient (Wildman–Crippen LogP) is 5.42. The molecule has 0 unspecified atom stereocenters. The van der Waals surface area contributed by atoms with E-state index in [1.54, 1.807) is 0 Å². The minimum absolute atomic E-state index is 0.0562. The van der Waals surface area contributed by atoms with Crippen LogP contribution in [0.4, 0.5) is 0 Å². The number of carbonyl (C=O) groups excluding carboxylic acids is 1. The average Bonchev–Trinajstić information content (AvgIpc) is 2.86. The van der Waals surface area contributed by atoms with Gasteiger partial charge in [-0.05, 0) is 24.7 Å². The van der Waals surface area contributed by atoms with E-state index in [-0.39, 0.29) is 11.3 Å². The van der Waals surface area contributed by atoms with Crippen molar-refractivity contribution < 1.29 is 4.79 Å². The second-order valence-corrected chi connectivity index (χ2v) is 6.23. The lowest BCUT2D eigenvalue weighted by atomic mass is 9.75. The van der Waals surface area contributed by atoms with E-state index in [1.165, 1.54) is 12.8 Å². The number of rotatable bonds is 6. The van der Waals surface area contributed by atoms with E-state index in [0.717, 1.165) is 31.2 Å². The Kier molecular flexibility index (Phi) is 5.17. The van der Waals surface area contributed by atoms with Gasteiger partial charge in [0.15, 0.2) is 5.78 Å². The summed E-state index contributed by atoms with van der Waals surface area (Å²) in [7, 11) is 0. The van der Waals surface area contributed by atoms with E-state index in [0.29, 0.717) is 5.78 Å². The van der Waals surface area contributed by atoms with Crippen LogP contribution in [-0.4, -0.2) is 5.78 Å². The van der Waals surface area contributed by atoms with Gasteiger partial charge in [0.2, 0.25) is 0 Å². The Hall–Kier alpha value is -1.37. The molecule has 0 saturated heterocycles. The fourth-order valence-corrected chi connectivity index (χ4v) is 3.30. The minimum Gasteiger partial charge on any atom is -0.294 e. The maximum absolute atomic E-state index is 12.7. The maximum Gasteiger partial charge on any atom is 0.166 e. The van der Waals surface area contributed by atoms with Gasteiger partial charge < -0.3 is 0 Å². The summed E-state index contributed by atoms with van der Waals surface area (Å²) in [4.78, 5) is 12.7. The molecule has 1 aromatic carbocycles. The molecule has 1 aliphatic rings. The van der Waals surface area contributed by atoms with E-state index in [4.69, 9.17) is 0 Å². The van der Waals surface area contributed by atoms with Gasteiger partial charge >= 0.3 is 0 Å². The van der Waals surface area contributed by atoms with E-state index in [2.05, 4.69) is 26.0 Å². The van der Waals surface area contributed by atoms with Gasteiger partial charge in [0.25, 0.3) is 0 Å². The second-order valence-electron chi connectivity index (χ2n) is 6.23. The van der Waals surface area contributed by atoms with Crippen LogP contribution < -0.4 is 0 Å². The first-order valence-corrected chi connectivity index (χ1v) is 7.94. The van der Waals surface area contributed by atoms with Crippen molar-refractivity contribution in [1.29, 1.82) is 0 Å². The number of unbranched alkanes of at least 4 members (excludes halogenated alkanes) is 2. The van der Waals surface area contributed by atoms with Crippen LogP contribution in [-0.2, 0) is 0 Å². The smallest absolute Gasteiger partial charge is 0.166 e. The largest absolute Gasteiger partial charge is 0.294 e. The molecule has 2 atom stereocenters. The van der Waals surface area contributed by atoms with Crippen molar-refractivity contribution in [3.05, 3.63) is 48.0 Å². The molecule has 0 aromatic heterocycles. The van der Waals surface area contributed by atoms with Crippen LogP contribution in [0.1, 0.15) is 62.7 Å². The zero-order chi connectivity index (χ0) is 14.4. The highest BCUT2D eigenvalue weighted by atomic mass is 16.1. The van der Waals surface area contributed by atoms with Crippen molar-refractivity contribution in [3.8, 4) is 0 Å². The molecule has 0 heterocycles. The number of allylic oxidation sites excluding steroid dienone is 2. The summed E-state index contributed by atoms with van der Waals surface area (Å²) in [5, 5.41) is 0. The van der Waals surface area contributed by atoms with E-state index in [9.17, 15) is 4.79 Å². The fourth-order valence-electron chi connectivity index (χ4n) is 3.30. The normalized spacial score (nSPS) is 26.2. The second kappa shape index (κ2) is 6.88. The topological polar surface area (TPSA) is 17.1 Å². The molecule has 0 radical (unpaired) electrons. The summed E-state index contributed by atoms with van der Waals surface area (Å²) in [5.41, 5.74) is 0.924. The number of hydrogen-bond acceptors (Lipinski definition) is 1. The number of Topliss-reactive ketones (excluding diaryl/α,β-unsaturated/α-hetero) is 1. The lowest BCUT2D eigenvalue weighted by Gasteiger charge is -2.27. The zero-order valence-electron chi connectivity index (χ0n) is 12.8. The third kappa shape index (κ3) is 3.39. The molecule has 1 fully saturated rings. The quantitative estimate of drug-likeness (QED) is 0.383. The fraction of sp³-hybridized carbons (Fsp3) is 0.526. The highest BCUT2D eigenvalue weighted by molar-refractivity contribution is 5.98. The first-order valence-electron chi connectivity index (χ1n) is 7.94. The van der Waals surface area contributed by atoms with E-state index < -0.39 is 0 Å². The third-order valence-electron chi connectivity index (χ3n) is 4.60. The van der Waals surface area contributed by atoms with Gasteiger partial charge in [0, 0.05) is 11.5 Å². The van der Waals surface area contributed by atoms with Crippen LogP contribution in [0.25, 0.3) is 0 Å². The molecule has 108 valence electrons. The SMILES string of the molecule is CCCC/C=C/[C@@]1(C)CCC[C@H]1C(=O)c1ccccc1. The van der Waals surface area contributed by atoms with Crippen molar-refractivity contribution in [2.24, 2.45) is 11.3 Å². The maximum atomic E-state index is 12.7. The number of ketones is 1. The molecule has 0 N–H and O–H groups in total. The van der Waals surface area contributed by atoms with Crippen LogP contribution >= 0.6 is 0 Å². The Balaban J connectivity index is 2.10. The van der Waals surface area contributed by atoms with Gasteiger partial charge in [-0.2, -0.15) is 0 Å². The van der Waals surface area contributed by atoms with Gasteiger partial charge in [0.1, 0.15) is 0 Å². The number of hydrogen-bond donors (Lipinski definition) is 0. The molecule has 2 rings (SSSR count). The minimum atomic E-state index is 0.0562. The molecular weight excluding hydrogens is 244 g/mol. The molecule has 1 heteroatoms. The zero-order valence-corrected chi connectivity index (χ0v) is 12.8. The molecule has 1 aromatic rings. The van der Waals surface area contributed by atoms with Gasteiger partial charge in [-0.25, -0.2) is 0 Å². The van der Waals surface area contributed by atoms with Crippen LogP contribution in [0.3, 0.4) is 0 Å². The van der Waals surface area contributed by atoms with Gasteiger partial charge in [-0.3, -0.25) is 4.79 Å². The van der Waals surface area contributed by atoms with Crippen molar-refractivity contribution in [1.82, 2.24) is 0 Å². The molecule has 0 aliphatic heterocycles. The van der Waals surface area contributed by atoms with Gasteiger partial charge in [-0.15, -0.1) is 0 Å². The van der Waals surface area contributed by atoms with Crippen LogP contribution in [0.15, 0.2) is 42.5 Å². The monoisotopic (exact) mass is 270 g/mol. The summed E-state index contributed by atoms with van der Waals surface area (Å²) in [6, 6.07) is 9.77. The molecule has 1 nitrogen and oxygen atoms in total. The lowest BCUT2D eigenvalue weighted by molar-refractivity contribution is 0.0861. The molecular formula is C19H26O. The molecule has 20 heavy (non-hydrogen) atoms. The molecule has 1 saturated carbocycles. The Morgan fingerprint density at radius 2 is 2.10 bits per heavy atom. The number of carbonyl (C=O) groups is 1. The average molecular weight is 270 g/mol. The Morgan fingerprint density at radius 3 is 2.80 bits per heavy atom. The standard InChI is InChI=1S/C19H26O/c1-3-4-5-9-14-19(2)15-10-13-17(19)18(20)16-11-7-6-8-12-16/h6-9,11-12,14,17H,3-5,10,13,15H2,1-2H3/b14-9+/t17-,19-/m0/s1. The Labute approximate surface area is 123 Å². The van der Waals surface area contributed by atoms with Crippen molar-refractivity contribution in [2.75, 3.05) is 0 Å². The Bertz CT molecular complexity index is 460. The predicted molar refractivity (Wildman–Crippen MR) is 84.9 cm³/mol. The summed E-state index contributed by atoms with van der Waals surface area (Å²) >= 11 is 0. The highest BCUT2D eigenvalue weighted by Gasteiger charge is 2.41. The van der Waals surface area contributed by atoms with E-state index in [1.807, 2.05) is 30.3 Å².